The van der Waals surface area contributed by atoms with Gasteiger partial charge in [-0.1, -0.05) is 71.8 Å². The van der Waals surface area contributed by atoms with Crippen LogP contribution in [0.15, 0.2) is 83.3 Å². The van der Waals surface area contributed by atoms with E-state index in [0.717, 1.165) is 41.2 Å². The van der Waals surface area contributed by atoms with Gasteiger partial charge in [0, 0.05) is 24.6 Å². The zero-order chi connectivity index (χ0) is 22.3. The SMILES string of the molecule is Cc1ccc(S(=O)(=O)N2CC3=CCCCC3C(C(=O)c3cccc4ccccc34)C2)cc1. The van der Waals surface area contributed by atoms with Crippen molar-refractivity contribution in [1.29, 1.82) is 0 Å². The molecule has 1 heterocycles. The van der Waals surface area contributed by atoms with Gasteiger partial charge in [0.1, 0.15) is 0 Å². The van der Waals surface area contributed by atoms with Gasteiger partial charge >= 0.3 is 0 Å². The maximum Gasteiger partial charge on any atom is 0.243 e. The van der Waals surface area contributed by atoms with Gasteiger partial charge in [-0.2, -0.15) is 4.31 Å². The second kappa shape index (κ2) is 8.30. The molecule has 0 saturated carbocycles. The quantitative estimate of drug-likeness (QED) is 0.400. The van der Waals surface area contributed by atoms with Gasteiger partial charge < -0.3 is 0 Å². The van der Waals surface area contributed by atoms with Crippen molar-refractivity contribution in [2.24, 2.45) is 11.8 Å². The Morgan fingerprint density at radius 2 is 1.72 bits per heavy atom. The van der Waals surface area contributed by atoms with E-state index in [1.807, 2.05) is 61.5 Å². The largest absolute Gasteiger partial charge is 0.294 e. The highest BCUT2D eigenvalue weighted by atomic mass is 32.2. The molecule has 3 aromatic rings. The summed E-state index contributed by atoms with van der Waals surface area (Å²) in [6, 6.07) is 20.7. The maximum atomic E-state index is 13.9. The second-order valence-electron chi connectivity index (χ2n) is 8.92. The number of aryl methyl sites for hydroxylation is 1. The number of fused-ring (bicyclic) bond motifs is 2. The highest BCUT2D eigenvalue weighted by molar-refractivity contribution is 7.89. The molecule has 5 heteroatoms. The fourth-order valence-corrected chi connectivity index (χ4v) is 6.62. The summed E-state index contributed by atoms with van der Waals surface area (Å²) in [6.07, 6.45) is 5.08. The van der Waals surface area contributed by atoms with Crippen LogP contribution in [0.5, 0.6) is 0 Å². The molecule has 4 nitrogen and oxygen atoms in total. The average Bonchev–Trinajstić information content (AvgIpc) is 2.83. The van der Waals surface area contributed by atoms with Gasteiger partial charge in [-0.3, -0.25) is 4.79 Å². The number of hydrogen-bond donors (Lipinski definition) is 0. The molecule has 0 bridgehead atoms. The number of nitrogens with zero attached hydrogens (tertiary/aromatic N) is 1. The minimum atomic E-state index is -3.68. The molecule has 2 atom stereocenters. The molecule has 1 saturated heterocycles. The summed E-state index contributed by atoms with van der Waals surface area (Å²) in [7, 11) is -3.68. The van der Waals surface area contributed by atoms with Crippen LogP contribution in [-0.2, 0) is 10.0 Å². The van der Waals surface area contributed by atoms with Crippen LogP contribution in [0.2, 0.25) is 0 Å². The fourth-order valence-electron chi connectivity index (χ4n) is 5.17. The molecule has 2 unspecified atom stereocenters. The van der Waals surface area contributed by atoms with Crippen LogP contribution in [0.1, 0.15) is 35.2 Å². The van der Waals surface area contributed by atoms with Gasteiger partial charge in [-0.05, 0) is 55.0 Å². The van der Waals surface area contributed by atoms with Crippen LogP contribution in [0.4, 0.5) is 0 Å². The van der Waals surface area contributed by atoms with Crippen molar-refractivity contribution in [1.82, 2.24) is 4.31 Å². The van der Waals surface area contributed by atoms with Gasteiger partial charge in [-0.15, -0.1) is 0 Å². The molecular formula is C27H27NO3S. The lowest BCUT2D eigenvalue weighted by Gasteiger charge is -2.41. The van der Waals surface area contributed by atoms with Crippen molar-refractivity contribution < 1.29 is 13.2 Å². The van der Waals surface area contributed by atoms with Crippen LogP contribution in [0.3, 0.4) is 0 Å². The van der Waals surface area contributed by atoms with Crippen LogP contribution >= 0.6 is 0 Å². The van der Waals surface area contributed by atoms with E-state index < -0.39 is 10.0 Å². The minimum absolute atomic E-state index is 0.0448. The van der Waals surface area contributed by atoms with Crippen molar-refractivity contribution in [3.63, 3.8) is 0 Å². The van der Waals surface area contributed by atoms with Crippen LogP contribution in [-0.4, -0.2) is 31.6 Å². The molecule has 1 aliphatic carbocycles. The number of Topliss-reactive ketones (excluding diaryl/α,β-unsaturated/α-hetero) is 1. The van der Waals surface area contributed by atoms with Crippen molar-refractivity contribution in [2.75, 3.05) is 13.1 Å². The predicted molar refractivity (Wildman–Crippen MR) is 127 cm³/mol. The third kappa shape index (κ3) is 3.70. The molecule has 32 heavy (non-hydrogen) atoms. The van der Waals surface area contributed by atoms with E-state index in [4.69, 9.17) is 0 Å². The lowest BCUT2D eigenvalue weighted by atomic mass is 9.73. The third-order valence-corrected chi connectivity index (χ3v) is 8.72. The molecule has 2 aliphatic rings. The first kappa shape index (κ1) is 21.1. The Labute approximate surface area is 189 Å². The Hall–Kier alpha value is -2.76. The highest BCUT2D eigenvalue weighted by Crippen LogP contribution is 2.40. The first-order chi connectivity index (χ1) is 15.4. The van der Waals surface area contributed by atoms with E-state index in [1.165, 1.54) is 4.31 Å². The molecule has 0 spiro atoms. The summed E-state index contributed by atoms with van der Waals surface area (Å²) < 4.78 is 28.5. The topological polar surface area (TPSA) is 54.5 Å². The molecule has 164 valence electrons. The fraction of sp³-hybridized carbons (Fsp3) is 0.296. The van der Waals surface area contributed by atoms with Crippen LogP contribution in [0, 0.1) is 18.8 Å². The standard InChI is InChI=1S/C27H27NO3S/c1-19-13-15-22(16-14-19)32(30,31)28-17-21-8-3-5-11-24(21)26(18-28)27(29)25-12-6-9-20-7-2-4-10-23(20)25/h2,4,6-10,12-16,24,26H,3,5,11,17-18H2,1H3. The Morgan fingerprint density at radius 1 is 0.969 bits per heavy atom. The summed E-state index contributed by atoms with van der Waals surface area (Å²) in [6.45, 7) is 2.54. The van der Waals surface area contributed by atoms with Gasteiger partial charge in [0.15, 0.2) is 5.78 Å². The van der Waals surface area contributed by atoms with E-state index in [-0.39, 0.29) is 29.1 Å². The van der Waals surface area contributed by atoms with Gasteiger partial charge in [-0.25, -0.2) is 8.42 Å². The molecule has 0 N–H and O–H groups in total. The van der Waals surface area contributed by atoms with Crippen molar-refractivity contribution in [2.45, 2.75) is 31.1 Å². The first-order valence-electron chi connectivity index (χ1n) is 11.2. The number of allylic oxidation sites excluding steroid dienone is 1. The van der Waals surface area contributed by atoms with E-state index >= 15 is 0 Å². The Balaban J connectivity index is 1.55. The van der Waals surface area contributed by atoms with Crippen molar-refractivity contribution >= 4 is 26.6 Å². The average molecular weight is 446 g/mol. The summed E-state index contributed by atoms with van der Waals surface area (Å²) in [4.78, 5) is 14.2. The summed E-state index contributed by atoms with van der Waals surface area (Å²) in [5.74, 6) is -0.218. The number of piperidine rings is 1. The molecule has 0 aromatic heterocycles. The molecule has 0 amide bonds. The van der Waals surface area contributed by atoms with Crippen molar-refractivity contribution in [3.05, 3.63) is 89.5 Å². The summed E-state index contributed by atoms with van der Waals surface area (Å²) in [5, 5.41) is 1.96. The first-order valence-corrected chi connectivity index (χ1v) is 12.7. The molecule has 1 aliphatic heterocycles. The number of ketones is 1. The van der Waals surface area contributed by atoms with E-state index in [0.29, 0.717) is 12.1 Å². The van der Waals surface area contributed by atoms with Crippen LogP contribution in [0.25, 0.3) is 10.8 Å². The zero-order valence-electron chi connectivity index (χ0n) is 18.2. The minimum Gasteiger partial charge on any atom is -0.294 e. The van der Waals surface area contributed by atoms with E-state index in [1.54, 1.807) is 12.1 Å². The van der Waals surface area contributed by atoms with E-state index in [9.17, 15) is 13.2 Å². The van der Waals surface area contributed by atoms with Gasteiger partial charge in [0.05, 0.1) is 4.90 Å². The molecular weight excluding hydrogens is 418 g/mol. The zero-order valence-corrected chi connectivity index (χ0v) is 19.0. The Kier molecular flexibility index (Phi) is 5.48. The second-order valence-corrected chi connectivity index (χ2v) is 10.9. The number of rotatable bonds is 4. The number of sulfonamides is 1. The summed E-state index contributed by atoms with van der Waals surface area (Å²) >= 11 is 0. The number of hydrogen-bond acceptors (Lipinski definition) is 3. The number of carbonyl (C=O) groups excluding carboxylic acids is 1. The summed E-state index contributed by atoms with van der Waals surface area (Å²) in [5.41, 5.74) is 2.80. The van der Waals surface area contributed by atoms with Crippen LogP contribution < -0.4 is 0 Å². The third-order valence-electron chi connectivity index (χ3n) is 6.90. The maximum absolute atomic E-state index is 13.9. The highest BCUT2D eigenvalue weighted by Gasteiger charge is 2.42. The predicted octanol–water partition coefficient (Wildman–Crippen LogP) is 5.38. The molecule has 3 aromatic carbocycles. The van der Waals surface area contributed by atoms with Gasteiger partial charge in [0.25, 0.3) is 0 Å². The molecule has 1 fully saturated rings. The van der Waals surface area contributed by atoms with Gasteiger partial charge in [0.2, 0.25) is 10.0 Å². The van der Waals surface area contributed by atoms with E-state index in [2.05, 4.69) is 6.08 Å². The smallest absolute Gasteiger partial charge is 0.243 e. The number of carbonyl (C=O) groups is 1. The number of benzene rings is 3. The Bertz CT molecular complexity index is 1300. The molecule has 5 rings (SSSR count). The lowest BCUT2D eigenvalue weighted by molar-refractivity contribution is 0.0831. The molecule has 0 radical (unpaired) electrons. The Morgan fingerprint density at radius 3 is 2.53 bits per heavy atom. The normalized spacial score (nSPS) is 21.7. The monoisotopic (exact) mass is 445 g/mol. The van der Waals surface area contributed by atoms with Crippen molar-refractivity contribution in [3.8, 4) is 0 Å². The lowest BCUT2D eigenvalue weighted by Crippen LogP contribution is -2.48.